The first-order valence-electron chi connectivity index (χ1n) is 8.60. The summed E-state index contributed by atoms with van der Waals surface area (Å²) < 4.78 is 27.3. The van der Waals surface area contributed by atoms with E-state index in [1.54, 1.807) is 12.1 Å². The second-order valence-corrected chi connectivity index (χ2v) is 9.00. The van der Waals surface area contributed by atoms with Gasteiger partial charge in [0.05, 0.1) is 15.5 Å². The van der Waals surface area contributed by atoms with Crippen molar-refractivity contribution in [2.45, 2.75) is 30.6 Å². The van der Waals surface area contributed by atoms with Crippen LogP contribution in [-0.2, 0) is 10.0 Å². The van der Waals surface area contributed by atoms with Crippen molar-refractivity contribution in [1.82, 2.24) is 9.29 Å². The van der Waals surface area contributed by atoms with Crippen LogP contribution in [0.5, 0.6) is 0 Å². The molecule has 1 amide bonds. The molecule has 0 spiro atoms. The van der Waals surface area contributed by atoms with Gasteiger partial charge in [0.2, 0.25) is 10.0 Å². The highest BCUT2D eigenvalue weighted by molar-refractivity contribution is 7.89. The summed E-state index contributed by atoms with van der Waals surface area (Å²) in [5.74, 6) is -0.453. The molecule has 1 aliphatic heterocycles. The Kier molecular flexibility index (Phi) is 6.37. The number of amides is 1. The summed E-state index contributed by atoms with van der Waals surface area (Å²) in [4.78, 5) is 16.4. The number of carbonyl (C=O) groups excluding carboxylic acids is 1. The van der Waals surface area contributed by atoms with Crippen molar-refractivity contribution in [2.75, 3.05) is 18.4 Å². The second-order valence-electron chi connectivity index (χ2n) is 6.30. The van der Waals surface area contributed by atoms with Gasteiger partial charge in [-0.1, -0.05) is 42.1 Å². The summed E-state index contributed by atoms with van der Waals surface area (Å²) in [6, 6.07) is 7.64. The minimum absolute atomic E-state index is 0.110. The van der Waals surface area contributed by atoms with Crippen LogP contribution in [0.2, 0.25) is 10.2 Å². The van der Waals surface area contributed by atoms with Crippen LogP contribution in [0.1, 0.15) is 36.0 Å². The Hall–Kier alpha value is -1.67. The zero-order valence-corrected chi connectivity index (χ0v) is 16.8. The van der Waals surface area contributed by atoms with Gasteiger partial charge in [-0.25, -0.2) is 13.4 Å². The van der Waals surface area contributed by atoms with E-state index in [1.165, 1.54) is 28.7 Å². The number of rotatable bonds is 4. The van der Waals surface area contributed by atoms with Gasteiger partial charge >= 0.3 is 0 Å². The number of hydrogen-bond donors (Lipinski definition) is 1. The molecule has 1 aliphatic rings. The van der Waals surface area contributed by atoms with E-state index in [0.717, 1.165) is 25.7 Å². The lowest BCUT2D eigenvalue weighted by Gasteiger charge is -2.20. The number of hydrogen-bond acceptors (Lipinski definition) is 4. The second kappa shape index (κ2) is 8.56. The number of pyridine rings is 1. The number of halogens is 2. The van der Waals surface area contributed by atoms with Gasteiger partial charge in [-0.2, -0.15) is 4.31 Å². The Bertz CT molecular complexity index is 943. The molecule has 2 aromatic rings. The molecule has 0 bridgehead atoms. The van der Waals surface area contributed by atoms with Crippen molar-refractivity contribution in [2.24, 2.45) is 0 Å². The molecule has 0 aliphatic carbocycles. The monoisotopic (exact) mass is 427 g/mol. The number of sulfonamides is 1. The van der Waals surface area contributed by atoms with Crippen LogP contribution in [0.4, 0.5) is 5.69 Å². The van der Waals surface area contributed by atoms with Gasteiger partial charge in [-0.3, -0.25) is 4.79 Å². The third-order valence-corrected chi connectivity index (χ3v) is 6.93. The lowest BCUT2D eigenvalue weighted by molar-refractivity contribution is 0.102. The first-order chi connectivity index (χ1) is 12.9. The standard InChI is InChI=1S/C18H19Cl2N3O3S/c19-16-10-13(12-21-17(16)20)18(24)22-14-6-5-7-15(11-14)27(25,26)23-8-3-1-2-4-9-23/h5-7,10-12H,1-4,8-9H2,(H,22,24). The van der Waals surface area contributed by atoms with E-state index < -0.39 is 15.9 Å². The van der Waals surface area contributed by atoms with Gasteiger partial charge < -0.3 is 5.32 Å². The summed E-state index contributed by atoms with van der Waals surface area (Å²) in [7, 11) is -3.59. The molecule has 27 heavy (non-hydrogen) atoms. The molecule has 0 saturated carbocycles. The molecule has 144 valence electrons. The maximum atomic E-state index is 12.9. The van der Waals surface area contributed by atoms with E-state index in [-0.39, 0.29) is 20.6 Å². The molecule has 9 heteroatoms. The van der Waals surface area contributed by atoms with Crippen molar-refractivity contribution in [1.29, 1.82) is 0 Å². The number of aromatic nitrogens is 1. The van der Waals surface area contributed by atoms with Crippen molar-refractivity contribution in [3.05, 3.63) is 52.3 Å². The third-order valence-electron chi connectivity index (χ3n) is 4.35. The van der Waals surface area contributed by atoms with Crippen LogP contribution in [0.25, 0.3) is 0 Å². The highest BCUT2D eigenvalue weighted by Gasteiger charge is 2.25. The van der Waals surface area contributed by atoms with E-state index >= 15 is 0 Å². The topological polar surface area (TPSA) is 79.4 Å². The summed E-state index contributed by atoms with van der Waals surface area (Å²) in [6.07, 6.45) is 5.11. The number of nitrogens with zero attached hydrogens (tertiary/aromatic N) is 2. The Morgan fingerprint density at radius 1 is 1.07 bits per heavy atom. The van der Waals surface area contributed by atoms with Crippen LogP contribution in [-0.4, -0.2) is 36.7 Å². The Labute approximate surface area is 168 Å². The smallest absolute Gasteiger partial charge is 0.257 e. The number of carbonyl (C=O) groups is 1. The number of anilines is 1. The van der Waals surface area contributed by atoms with Crippen molar-refractivity contribution < 1.29 is 13.2 Å². The molecule has 1 fully saturated rings. The van der Waals surface area contributed by atoms with Gasteiger partial charge in [-0.15, -0.1) is 0 Å². The van der Waals surface area contributed by atoms with Gasteiger partial charge in [0.1, 0.15) is 5.15 Å². The molecule has 1 aromatic carbocycles. The van der Waals surface area contributed by atoms with Crippen LogP contribution in [0.3, 0.4) is 0 Å². The van der Waals surface area contributed by atoms with Crippen LogP contribution in [0.15, 0.2) is 41.4 Å². The fourth-order valence-corrected chi connectivity index (χ4v) is 4.75. The van der Waals surface area contributed by atoms with E-state index in [9.17, 15) is 13.2 Å². The molecule has 1 saturated heterocycles. The maximum Gasteiger partial charge on any atom is 0.257 e. The predicted octanol–water partition coefficient (Wildman–Crippen LogP) is 4.21. The van der Waals surface area contributed by atoms with Crippen molar-refractivity contribution in [3.63, 3.8) is 0 Å². The maximum absolute atomic E-state index is 12.9. The molecule has 1 N–H and O–H groups in total. The van der Waals surface area contributed by atoms with Gasteiger partial charge in [-0.05, 0) is 37.1 Å². The highest BCUT2D eigenvalue weighted by atomic mass is 35.5. The normalized spacial score (nSPS) is 15.9. The first kappa shape index (κ1) is 20.1. The fourth-order valence-electron chi connectivity index (χ4n) is 2.91. The minimum atomic E-state index is -3.59. The summed E-state index contributed by atoms with van der Waals surface area (Å²) in [5, 5.41) is 2.95. The molecule has 0 unspecified atom stereocenters. The Morgan fingerprint density at radius 2 is 1.78 bits per heavy atom. The average Bonchev–Trinajstić information content (AvgIpc) is 2.94. The fraction of sp³-hybridized carbons (Fsp3) is 0.333. The van der Waals surface area contributed by atoms with Crippen LogP contribution in [0, 0.1) is 0 Å². The molecular weight excluding hydrogens is 409 g/mol. The zero-order valence-electron chi connectivity index (χ0n) is 14.5. The van der Waals surface area contributed by atoms with E-state index in [2.05, 4.69) is 10.3 Å². The Balaban J connectivity index is 1.80. The number of benzene rings is 1. The van der Waals surface area contributed by atoms with Gasteiger partial charge in [0, 0.05) is 25.0 Å². The lowest BCUT2D eigenvalue weighted by atomic mass is 10.2. The molecular formula is C18H19Cl2N3O3S. The third kappa shape index (κ3) is 4.79. The lowest BCUT2D eigenvalue weighted by Crippen LogP contribution is -2.32. The minimum Gasteiger partial charge on any atom is -0.322 e. The zero-order chi connectivity index (χ0) is 19.4. The van der Waals surface area contributed by atoms with E-state index in [4.69, 9.17) is 23.2 Å². The molecule has 0 radical (unpaired) electrons. The molecule has 1 aromatic heterocycles. The van der Waals surface area contributed by atoms with Gasteiger partial charge in [0.15, 0.2) is 0 Å². The average molecular weight is 428 g/mol. The first-order valence-corrected chi connectivity index (χ1v) is 10.8. The van der Waals surface area contributed by atoms with Crippen molar-refractivity contribution >= 4 is 44.8 Å². The predicted molar refractivity (Wildman–Crippen MR) is 106 cm³/mol. The number of nitrogens with one attached hydrogen (secondary N) is 1. The highest BCUT2D eigenvalue weighted by Crippen LogP contribution is 2.24. The van der Waals surface area contributed by atoms with Crippen molar-refractivity contribution in [3.8, 4) is 0 Å². The summed E-state index contributed by atoms with van der Waals surface area (Å²) in [5.41, 5.74) is 0.604. The van der Waals surface area contributed by atoms with Gasteiger partial charge in [0.25, 0.3) is 5.91 Å². The molecule has 0 atom stereocenters. The molecule has 6 nitrogen and oxygen atoms in total. The Morgan fingerprint density at radius 3 is 2.44 bits per heavy atom. The summed E-state index contributed by atoms with van der Waals surface area (Å²) in [6.45, 7) is 1.04. The molecule has 3 rings (SSSR count). The van der Waals surface area contributed by atoms with E-state index in [0.29, 0.717) is 18.8 Å². The SMILES string of the molecule is O=C(Nc1cccc(S(=O)(=O)N2CCCCCC2)c1)c1cnc(Cl)c(Cl)c1. The molecule has 2 heterocycles. The van der Waals surface area contributed by atoms with E-state index in [1.807, 2.05) is 0 Å². The van der Waals surface area contributed by atoms with Crippen LogP contribution >= 0.6 is 23.2 Å². The van der Waals surface area contributed by atoms with Crippen LogP contribution < -0.4 is 5.32 Å². The largest absolute Gasteiger partial charge is 0.322 e. The summed E-state index contributed by atoms with van der Waals surface area (Å²) >= 11 is 11.6. The quantitative estimate of drug-likeness (QED) is 0.741.